The van der Waals surface area contributed by atoms with E-state index >= 15 is 0 Å². The number of nitrogens with zero attached hydrogens (tertiary/aromatic N) is 3. The molecular weight excluding hydrogens is 396 g/mol. The summed E-state index contributed by atoms with van der Waals surface area (Å²) in [5, 5.41) is 9.09. The van der Waals surface area contributed by atoms with Gasteiger partial charge in [-0.1, -0.05) is 6.42 Å². The first-order valence-electron chi connectivity index (χ1n) is 11.0. The largest absolute Gasteiger partial charge is 0.335 e. The van der Waals surface area contributed by atoms with Crippen molar-refractivity contribution in [1.82, 2.24) is 19.9 Å². The number of rotatable bonds is 2. The molecule has 0 radical (unpaired) electrons. The van der Waals surface area contributed by atoms with E-state index in [2.05, 4.69) is 25.9 Å². The Morgan fingerprint density at radius 1 is 1.23 bits per heavy atom. The zero-order valence-corrected chi connectivity index (χ0v) is 17.4. The molecule has 3 N–H and O–H groups in total. The molecular formula is C22H24N6O3. The topological polar surface area (TPSA) is 118 Å². The Morgan fingerprint density at radius 3 is 2.74 bits per heavy atom. The molecule has 0 aromatic carbocycles. The van der Waals surface area contributed by atoms with Crippen LogP contribution in [0.25, 0.3) is 0 Å². The number of pyridine rings is 1. The molecule has 2 aliphatic carbocycles. The molecule has 1 spiro atoms. The van der Waals surface area contributed by atoms with Crippen molar-refractivity contribution in [3.05, 3.63) is 38.9 Å². The van der Waals surface area contributed by atoms with Crippen molar-refractivity contribution in [2.24, 2.45) is 5.92 Å². The van der Waals surface area contributed by atoms with Gasteiger partial charge in [0.15, 0.2) is 0 Å². The molecule has 4 heterocycles. The quantitative estimate of drug-likeness (QED) is 0.586. The summed E-state index contributed by atoms with van der Waals surface area (Å²) in [5.41, 5.74) is 2.58. The summed E-state index contributed by atoms with van der Waals surface area (Å²) in [6.07, 6.45) is 8.54. The predicted octanol–water partition coefficient (Wildman–Crippen LogP) is 2.30. The fraction of sp³-hybridized carbons (Fsp3) is 0.500. The first kappa shape index (κ1) is 18.5. The minimum absolute atomic E-state index is 0.0555. The van der Waals surface area contributed by atoms with Gasteiger partial charge in [-0.2, -0.15) is 4.98 Å². The van der Waals surface area contributed by atoms with Crippen LogP contribution in [0.15, 0.2) is 11.0 Å². The highest BCUT2D eigenvalue weighted by Gasteiger charge is 2.46. The van der Waals surface area contributed by atoms with E-state index in [0.29, 0.717) is 23.6 Å². The highest BCUT2D eigenvalue weighted by molar-refractivity contribution is 5.98. The van der Waals surface area contributed by atoms with Crippen molar-refractivity contribution in [1.29, 1.82) is 0 Å². The van der Waals surface area contributed by atoms with Gasteiger partial charge in [0.05, 0.1) is 0 Å². The lowest BCUT2D eigenvalue weighted by atomic mass is 9.88. The first-order chi connectivity index (χ1) is 15.0. The Labute approximate surface area is 178 Å². The van der Waals surface area contributed by atoms with Crippen LogP contribution in [0, 0.1) is 12.8 Å². The average Bonchev–Trinajstić information content (AvgIpc) is 3.57. The Morgan fingerprint density at radius 2 is 2.00 bits per heavy atom. The van der Waals surface area contributed by atoms with Gasteiger partial charge in [-0.15, -0.1) is 0 Å². The molecule has 6 rings (SSSR count). The van der Waals surface area contributed by atoms with Gasteiger partial charge in [-0.05, 0) is 56.6 Å². The molecule has 9 heteroatoms. The summed E-state index contributed by atoms with van der Waals surface area (Å²) in [5.74, 6) is 0.596. The van der Waals surface area contributed by atoms with Gasteiger partial charge in [-0.25, -0.2) is 4.98 Å². The van der Waals surface area contributed by atoms with Crippen molar-refractivity contribution < 1.29 is 9.59 Å². The molecule has 2 aliphatic heterocycles. The molecule has 2 saturated carbocycles. The number of carbonyl (C=O) groups is 2. The van der Waals surface area contributed by atoms with Crippen molar-refractivity contribution in [3.8, 4) is 0 Å². The Balaban J connectivity index is 1.43. The van der Waals surface area contributed by atoms with Crippen LogP contribution in [-0.4, -0.2) is 26.3 Å². The maximum absolute atomic E-state index is 13.6. The van der Waals surface area contributed by atoms with Crippen LogP contribution >= 0.6 is 0 Å². The van der Waals surface area contributed by atoms with Crippen LogP contribution in [0.5, 0.6) is 0 Å². The Hall–Kier alpha value is -3.23. The standard InChI is InChI=1S/C22H24N6O3/c1-11-14-9-13-10-23-21(26-18(29)12-5-6-12)25-17(13)24-15(14)20(31)28-16(11)19(30)27-22(28)7-3-2-4-8-22/h10,12H,2-9H2,1H3,(H,27,30)(H2,23,24,25,26,29). The second-order valence-electron chi connectivity index (χ2n) is 9.15. The van der Waals surface area contributed by atoms with E-state index in [1.165, 1.54) is 0 Å². The summed E-state index contributed by atoms with van der Waals surface area (Å²) in [6.45, 7) is 1.91. The Bertz CT molecular complexity index is 1210. The zero-order valence-electron chi connectivity index (χ0n) is 17.4. The van der Waals surface area contributed by atoms with E-state index in [1.54, 1.807) is 10.8 Å². The zero-order chi connectivity index (χ0) is 21.3. The van der Waals surface area contributed by atoms with E-state index in [1.807, 2.05) is 6.92 Å². The highest BCUT2D eigenvalue weighted by Crippen LogP contribution is 2.40. The predicted molar refractivity (Wildman–Crippen MR) is 113 cm³/mol. The number of anilines is 3. The van der Waals surface area contributed by atoms with Gasteiger partial charge in [0.2, 0.25) is 11.9 Å². The van der Waals surface area contributed by atoms with E-state index in [4.69, 9.17) is 0 Å². The Kier molecular flexibility index (Phi) is 3.82. The average molecular weight is 420 g/mol. The summed E-state index contributed by atoms with van der Waals surface area (Å²) < 4.78 is 1.69. The maximum atomic E-state index is 13.6. The molecule has 0 unspecified atom stereocenters. The molecule has 2 amide bonds. The van der Waals surface area contributed by atoms with Gasteiger partial charge in [0.25, 0.3) is 11.5 Å². The SMILES string of the molecule is Cc1c2c(c(=O)n3c1C(=O)NC31CCCCC1)Nc1nc(NC(=O)C3CC3)ncc1C2. The summed E-state index contributed by atoms with van der Waals surface area (Å²) in [4.78, 5) is 47.3. The molecule has 31 heavy (non-hydrogen) atoms. The number of hydrogen-bond acceptors (Lipinski definition) is 6. The number of aromatic nitrogens is 3. The van der Waals surface area contributed by atoms with Crippen LogP contribution in [0.2, 0.25) is 0 Å². The van der Waals surface area contributed by atoms with Crippen LogP contribution in [0.1, 0.15) is 72.1 Å². The van der Waals surface area contributed by atoms with Crippen LogP contribution in [0.4, 0.5) is 17.5 Å². The second-order valence-corrected chi connectivity index (χ2v) is 9.15. The van der Waals surface area contributed by atoms with Crippen LogP contribution in [0.3, 0.4) is 0 Å². The van der Waals surface area contributed by atoms with E-state index in [9.17, 15) is 14.4 Å². The van der Waals surface area contributed by atoms with Crippen molar-refractivity contribution in [3.63, 3.8) is 0 Å². The van der Waals surface area contributed by atoms with E-state index in [0.717, 1.165) is 61.6 Å². The van der Waals surface area contributed by atoms with E-state index in [-0.39, 0.29) is 29.2 Å². The molecule has 4 aliphatic rings. The summed E-state index contributed by atoms with van der Waals surface area (Å²) in [6, 6.07) is 0. The minimum atomic E-state index is -0.626. The molecule has 2 aromatic rings. The fourth-order valence-corrected chi connectivity index (χ4v) is 5.25. The monoisotopic (exact) mass is 420 g/mol. The minimum Gasteiger partial charge on any atom is -0.335 e. The van der Waals surface area contributed by atoms with Gasteiger partial charge in [0.1, 0.15) is 22.9 Å². The normalized spacial score (nSPS) is 20.4. The van der Waals surface area contributed by atoms with Crippen molar-refractivity contribution >= 4 is 29.3 Å². The molecule has 0 atom stereocenters. The molecule has 2 fully saturated rings. The third-order valence-electron chi connectivity index (χ3n) is 7.08. The fourth-order valence-electron chi connectivity index (χ4n) is 5.25. The van der Waals surface area contributed by atoms with E-state index < -0.39 is 5.66 Å². The van der Waals surface area contributed by atoms with Gasteiger partial charge in [-0.3, -0.25) is 24.3 Å². The number of fused-ring (bicyclic) bond motifs is 4. The number of carbonyl (C=O) groups excluding carboxylic acids is 2. The van der Waals surface area contributed by atoms with Crippen molar-refractivity contribution in [2.75, 3.05) is 10.6 Å². The lowest BCUT2D eigenvalue weighted by Crippen LogP contribution is -2.49. The highest BCUT2D eigenvalue weighted by atomic mass is 16.2. The van der Waals surface area contributed by atoms with Gasteiger partial charge < -0.3 is 10.6 Å². The lowest BCUT2D eigenvalue weighted by molar-refractivity contribution is -0.117. The third kappa shape index (κ3) is 2.72. The lowest BCUT2D eigenvalue weighted by Gasteiger charge is -2.36. The molecule has 0 bridgehead atoms. The number of amides is 2. The summed E-state index contributed by atoms with van der Waals surface area (Å²) in [7, 11) is 0. The first-order valence-corrected chi connectivity index (χ1v) is 11.0. The summed E-state index contributed by atoms with van der Waals surface area (Å²) >= 11 is 0. The molecule has 9 nitrogen and oxygen atoms in total. The number of nitrogens with one attached hydrogen (secondary N) is 3. The smallest absolute Gasteiger partial charge is 0.277 e. The van der Waals surface area contributed by atoms with Crippen LogP contribution < -0.4 is 21.5 Å². The molecule has 160 valence electrons. The second kappa shape index (κ2) is 6.38. The van der Waals surface area contributed by atoms with Crippen LogP contribution in [-0.2, 0) is 16.9 Å². The molecule has 0 saturated heterocycles. The number of hydrogen-bond donors (Lipinski definition) is 3. The van der Waals surface area contributed by atoms with Gasteiger partial charge in [0, 0.05) is 24.1 Å². The molecule has 2 aromatic heterocycles. The maximum Gasteiger partial charge on any atom is 0.277 e. The van der Waals surface area contributed by atoms with Gasteiger partial charge >= 0.3 is 0 Å². The third-order valence-corrected chi connectivity index (χ3v) is 7.08. The van der Waals surface area contributed by atoms with Crippen molar-refractivity contribution in [2.45, 2.75) is 64.0 Å².